The second kappa shape index (κ2) is 7.22. The molecule has 24 heavy (non-hydrogen) atoms. The van der Waals surface area contributed by atoms with E-state index in [1.54, 1.807) is 18.3 Å². The standard InChI is InChI=1S/C16H20N4O4/c1-3-16(2,8-9-21)18-15(22)12-10-17-19(11-12)13-4-6-14(7-5-13)20(23)24/h4-7,10-11,21H,3,8-9H2,1-2H3,(H,18,22). The van der Waals surface area contributed by atoms with Gasteiger partial charge in [0.1, 0.15) is 0 Å². The number of hydrogen-bond donors (Lipinski definition) is 2. The molecule has 8 nitrogen and oxygen atoms in total. The Hall–Kier alpha value is -2.74. The second-order valence-corrected chi connectivity index (χ2v) is 5.79. The van der Waals surface area contributed by atoms with Gasteiger partial charge < -0.3 is 10.4 Å². The molecule has 0 spiro atoms. The Bertz CT molecular complexity index is 726. The van der Waals surface area contributed by atoms with E-state index in [0.29, 0.717) is 24.1 Å². The van der Waals surface area contributed by atoms with Gasteiger partial charge in [0.15, 0.2) is 0 Å². The summed E-state index contributed by atoms with van der Waals surface area (Å²) in [5.41, 5.74) is 0.507. The molecule has 2 N–H and O–H groups in total. The Balaban J connectivity index is 2.15. The molecule has 0 aliphatic heterocycles. The van der Waals surface area contributed by atoms with Gasteiger partial charge in [-0.1, -0.05) is 6.92 Å². The zero-order chi connectivity index (χ0) is 17.7. The van der Waals surface area contributed by atoms with Gasteiger partial charge in [-0.15, -0.1) is 0 Å². The van der Waals surface area contributed by atoms with Crippen LogP contribution in [0.1, 0.15) is 37.0 Å². The van der Waals surface area contributed by atoms with Crippen LogP contribution in [0.4, 0.5) is 5.69 Å². The van der Waals surface area contributed by atoms with Gasteiger partial charge in [-0.25, -0.2) is 4.68 Å². The highest BCUT2D eigenvalue weighted by molar-refractivity contribution is 5.94. The van der Waals surface area contributed by atoms with E-state index < -0.39 is 10.5 Å². The van der Waals surface area contributed by atoms with Gasteiger partial charge in [0, 0.05) is 30.5 Å². The third-order valence-corrected chi connectivity index (χ3v) is 4.03. The number of hydrogen-bond acceptors (Lipinski definition) is 5. The predicted molar refractivity (Wildman–Crippen MR) is 88.1 cm³/mol. The zero-order valence-corrected chi connectivity index (χ0v) is 13.6. The zero-order valence-electron chi connectivity index (χ0n) is 13.6. The van der Waals surface area contributed by atoms with Crippen molar-refractivity contribution in [2.24, 2.45) is 0 Å². The van der Waals surface area contributed by atoms with Crippen LogP contribution in [0.3, 0.4) is 0 Å². The summed E-state index contributed by atoms with van der Waals surface area (Å²) < 4.78 is 1.48. The number of nitro groups is 1. The summed E-state index contributed by atoms with van der Waals surface area (Å²) in [7, 11) is 0. The molecular formula is C16H20N4O4. The summed E-state index contributed by atoms with van der Waals surface area (Å²) in [5, 5.41) is 26.8. The Kier molecular flexibility index (Phi) is 5.30. The number of aliphatic hydroxyl groups is 1. The van der Waals surface area contributed by atoms with Gasteiger partial charge in [0.25, 0.3) is 11.6 Å². The van der Waals surface area contributed by atoms with Crippen LogP contribution in [0.2, 0.25) is 0 Å². The first-order chi connectivity index (χ1) is 11.4. The molecule has 0 bridgehead atoms. The highest BCUT2D eigenvalue weighted by Crippen LogP contribution is 2.17. The van der Waals surface area contributed by atoms with Crippen molar-refractivity contribution in [2.75, 3.05) is 6.61 Å². The van der Waals surface area contributed by atoms with Crippen molar-refractivity contribution in [3.63, 3.8) is 0 Å². The van der Waals surface area contributed by atoms with Crippen molar-refractivity contribution in [3.05, 3.63) is 52.3 Å². The average molecular weight is 332 g/mol. The minimum atomic E-state index is -0.485. The SMILES string of the molecule is CCC(C)(CCO)NC(=O)c1cnn(-c2ccc([N+](=O)[O-])cc2)c1. The summed E-state index contributed by atoms with van der Waals surface area (Å²) in [6, 6.07) is 5.89. The van der Waals surface area contributed by atoms with Gasteiger partial charge in [-0.05, 0) is 31.9 Å². The Morgan fingerprint density at radius 3 is 2.62 bits per heavy atom. The van der Waals surface area contributed by atoms with E-state index in [2.05, 4.69) is 10.4 Å². The summed E-state index contributed by atoms with van der Waals surface area (Å²) >= 11 is 0. The highest BCUT2D eigenvalue weighted by Gasteiger charge is 2.24. The van der Waals surface area contributed by atoms with E-state index in [0.717, 1.165) is 0 Å². The lowest BCUT2D eigenvalue weighted by atomic mass is 9.94. The first-order valence-corrected chi connectivity index (χ1v) is 7.61. The van der Waals surface area contributed by atoms with Crippen LogP contribution >= 0.6 is 0 Å². The van der Waals surface area contributed by atoms with Crippen molar-refractivity contribution >= 4 is 11.6 Å². The molecule has 1 atom stereocenters. The molecule has 1 heterocycles. The number of aromatic nitrogens is 2. The maximum absolute atomic E-state index is 12.3. The van der Waals surface area contributed by atoms with Crippen molar-refractivity contribution in [3.8, 4) is 5.69 Å². The second-order valence-electron chi connectivity index (χ2n) is 5.79. The molecule has 128 valence electrons. The third kappa shape index (κ3) is 3.96. The number of aliphatic hydroxyl groups excluding tert-OH is 1. The molecule has 0 fully saturated rings. The minimum absolute atomic E-state index is 0.00726. The number of carbonyl (C=O) groups excluding carboxylic acids is 1. The third-order valence-electron chi connectivity index (χ3n) is 4.03. The molecule has 0 radical (unpaired) electrons. The number of nitro benzene ring substituents is 1. The van der Waals surface area contributed by atoms with Crippen LogP contribution in [-0.4, -0.2) is 37.9 Å². The average Bonchev–Trinajstić information content (AvgIpc) is 3.05. The van der Waals surface area contributed by atoms with Crippen LogP contribution in [-0.2, 0) is 0 Å². The van der Waals surface area contributed by atoms with E-state index in [9.17, 15) is 14.9 Å². The number of nitrogens with zero attached hydrogens (tertiary/aromatic N) is 3. The number of carbonyl (C=O) groups is 1. The van der Waals surface area contributed by atoms with Gasteiger partial charge in [0.2, 0.25) is 0 Å². The van der Waals surface area contributed by atoms with E-state index in [-0.39, 0.29) is 18.2 Å². The van der Waals surface area contributed by atoms with E-state index in [1.165, 1.54) is 23.0 Å². The molecule has 1 amide bonds. The normalized spacial score (nSPS) is 13.3. The molecule has 8 heteroatoms. The van der Waals surface area contributed by atoms with Crippen molar-refractivity contribution in [1.29, 1.82) is 0 Å². The lowest BCUT2D eigenvalue weighted by Gasteiger charge is -2.28. The van der Waals surface area contributed by atoms with Crippen LogP contribution in [0.5, 0.6) is 0 Å². The van der Waals surface area contributed by atoms with Crippen molar-refractivity contribution in [2.45, 2.75) is 32.2 Å². The fraction of sp³-hybridized carbons (Fsp3) is 0.375. The molecule has 2 rings (SSSR count). The molecule has 0 aliphatic carbocycles. The van der Waals surface area contributed by atoms with Gasteiger partial charge in [-0.3, -0.25) is 14.9 Å². The van der Waals surface area contributed by atoms with E-state index in [1.807, 2.05) is 13.8 Å². The Morgan fingerprint density at radius 1 is 1.42 bits per heavy atom. The topological polar surface area (TPSA) is 110 Å². The molecular weight excluding hydrogens is 312 g/mol. The van der Waals surface area contributed by atoms with Gasteiger partial charge in [-0.2, -0.15) is 5.10 Å². The van der Waals surface area contributed by atoms with Crippen molar-refractivity contribution < 1.29 is 14.8 Å². The molecule has 0 aliphatic rings. The monoisotopic (exact) mass is 332 g/mol. The maximum Gasteiger partial charge on any atom is 0.269 e. The quantitative estimate of drug-likeness (QED) is 0.595. The van der Waals surface area contributed by atoms with Gasteiger partial charge in [0.05, 0.1) is 22.4 Å². The van der Waals surface area contributed by atoms with Crippen LogP contribution in [0.25, 0.3) is 5.69 Å². The highest BCUT2D eigenvalue weighted by atomic mass is 16.6. The summed E-state index contributed by atoms with van der Waals surface area (Å²) in [6.07, 6.45) is 4.15. The van der Waals surface area contributed by atoms with Crippen LogP contribution < -0.4 is 5.32 Å². The van der Waals surface area contributed by atoms with Crippen LogP contribution in [0, 0.1) is 10.1 Å². The predicted octanol–water partition coefficient (Wildman–Crippen LogP) is 2.06. The lowest BCUT2D eigenvalue weighted by Crippen LogP contribution is -2.46. The first-order valence-electron chi connectivity index (χ1n) is 7.61. The Labute approximate surface area is 139 Å². The smallest absolute Gasteiger partial charge is 0.269 e. The van der Waals surface area contributed by atoms with Crippen molar-refractivity contribution in [1.82, 2.24) is 15.1 Å². The molecule has 1 unspecified atom stereocenters. The fourth-order valence-corrected chi connectivity index (χ4v) is 2.23. The van der Waals surface area contributed by atoms with Gasteiger partial charge >= 0.3 is 0 Å². The largest absolute Gasteiger partial charge is 0.396 e. The molecule has 0 saturated carbocycles. The molecule has 1 aromatic carbocycles. The summed E-state index contributed by atoms with van der Waals surface area (Å²) in [6.45, 7) is 3.81. The summed E-state index contributed by atoms with van der Waals surface area (Å²) in [4.78, 5) is 22.5. The molecule has 1 aromatic heterocycles. The minimum Gasteiger partial charge on any atom is -0.396 e. The number of rotatable bonds is 7. The van der Waals surface area contributed by atoms with E-state index >= 15 is 0 Å². The maximum atomic E-state index is 12.3. The Morgan fingerprint density at radius 2 is 2.08 bits per heavy atom. The van der Waals surface area contributed by atoms with Crippen LogP contribution in [0.15, 0.2) is 36.7 Å². The summed E-state index contributed by atoms with van der Waals surface area (Å²) in [5.74, 6) is -0.277. The first kappa shape index (κ1) is 17.6. The number of non-ortho nitro benzene ring substituents is 1. The number of nitrogens with one attached hydrogen (secondary N) is 1. The lowest BCUT2D eigenvalue weighted by molar-refractivity contribution is -0.384. The van der Waals surface area contributed by atoms with E-state index in [4.69, 9.17) is 5.11 Å². The molecule has 2 aromatic rings. The molecule has 0 saturated heterocycles. The number of benzene rings is 1. The fourth-order valence-electron chi connectivity index (χ4n) is 2.23. The number of amides is 1.